The highest BCUT2D eigenvalue weighted by molar-refractivity contribution is 7.98. The zero-order chi connectivity index (χ0) is 11.8. The number of oxime groups is 1. The smallest absolute Gasteiger partial charge is 0.143 e. The Morgan fingerprint density at radius 3 is 2.60 bits per heavy atom. The zero-order valence-electron chi connectivity index (χ0n) is 10.1. The molecule has 0 spiro atoms. The van der Waals surface area contributed by atoms with Crippen molar-refractivity contribution in [2.24, 2.45) is 16.8 Å². The normalized spacial score (nSPS) is 16.7. The summed E-state index contributed by atoms with van der Waals surface area (Å²) in [4.78, 5) is 2.28. The minimum atomic E-state index is 0.0934. The third-order valence-electron chi connectivity index (χ3n) is 2.64. The summed E-state index contributed by atoms with van der Waals surface area (Å²) in [5, 5.41) is 11.6. The van der Waals surface area contributed by atoms with E-state index in [2.05, 4.69) is 30.3 Å². The molecule has 0 bridgehead atoms. The fraction of sp³-hybridized carbons (Fsp3) is 0.900. The van der Waals surface area contributed by atoms with Gasteiger partial charge in [0.1, 0.15) is 5.84 Å². The fourth-order valence-electron chi connectivity index (χ4n) is 1.52. The summed E-state index contributed by atoms with van der Waals surface area (Å²) < 4.78 is 0. The molecule has 0 saturated carbocycles. The molecule has 2 unspecified atom stereocenters. The van der Waals surface area contributed by atoms with Crippen LogP contribution in [0.25, 0.3) is 0 Å². The fourth-order valence-corrected chi connectivity index (χ4v) is 2.40. The van der Waals surface area contributed by atoms with Crippen molar-refractivity contribution in [2.75, 3.05) is 25.6 Å². The lowest BCUT2D eigenvalue weighted by molar-refractivity contribution is 0.238. The number of hydrogen-bond acceptors (Lipinski definition) is 4. The Kier molecular flexibility index (Phi) is 7.60. The van der Waals surface area contributed by atoms with Crippen LogP contribution in [0.5, 0.6) is 0 Å². The van der Waals surface area contributed by atoms with Crippen molar-refractivity contribution < 1.29 is 5.21 Å². The largest absolute Gasteiger partial charge is 0.409 e. The summed E-state index contributed by atoms with van der Waals surface area (Å²) in [5.74, 6) is 1.52. The van der Waals surface area contributed by atoms with Gasteiger partial charge in [-0.25, -0.2) is 0 Å². The first-order chi connectivity index (χ1) is 7.06. The second-order valence-corrected chi connectivity index (χ2v) is 4.79. The lowest BCUT2D eigenvalue weighted by atomic mass is 10.1. The molecule has 90 valence electrons. The van der Waals surface area contributed by atoms with Gasteiger partial charge < -0.3 is 15.8 Å². The molecule has 0 aromatic rings. The van der Waals surface area contributed by atoms with Crippen LogP contribution >= 0.6 is 11.8 Å². The molecular weight excluding hydrogens is 210 g/mol. The SMILES string of the molecule is CCC(CSC)N(C)CC(C)C(N)=NO. The molecular formula is C10H23N3OS. The molecule has 0 aliphatic rings. The molecule has 3 N–H and O–H groups in total. The number of amidine groups is 1. The molecule has 5 heteroatoms. The van der Waals surface area contributed by atoms with Gasteiger partial charge in [-0.2, -0.15) is 11.8 Å². The Bertz CT molecular complexity index is 199. The molecule has 0 aromatic carbocycles. The van der Waals surface area contributed by atoms with Crippen molar-refractivity contribution >= 4 is 17.6 Å². The molecule has 0 saturated heterocycles. The first kappa shape index (κ1) is 14.6. The molecule has 0 rings (SSSR count). The van der Waals surface area contributed by atoms with Crippen LogP contribution in [0.4, 0.5) is 0 Å². The van der Waals surface area contributed by atoms with Crippen molar-refractivity contribution in [3.8, 4) is 0 Å². The van der Waals surface area contributed by atoms with Gasteiger partial charge in [-0.05, 0) is 19.7 Å². The van der Waals surface area contributed by atoms with Crippen LogP contribution < -0.4 is 5.73 Å². The van der Waals surface area contributed by atoms with E-state index in [1.165, 1.54) is 0 Å². The highest BCUT2D eigenvalue weighted by atomic mass is 32.2. The van der Waals surface area contributed by atoms with Gasteiger partial charge in [0.2, 0.25) is 0 Å². The van der Waals surface area contributed by atoms with E-state index in [0.29, 0.717) is 11.9 Å². The maximum Gasteiger partial charge on any atom is 0.143 e. The highest BCUT2D eigenvalue weighted by Crippen LogP contribution is 2.10. The van der Waals surface area contributed by atoms with Gasteiger partial charge in [-0.1, -0.05) is 19.0 Å². The van der Waals surface area contributed by atoms with Crippen LogP contribution in [-0.4, -0.2) is 47.6 Å². The minimum Gasteiger partial charge on any atom is -0.409 e. The lowest BCUT2D eigenvalue weighted by Gasteiger charge is -2.28. The highest BCUT2D eigenvalue weighted by Gasteiger charge is 2.16. The van der Waals surface area contributed by atoms with E-state index in [1.54, 1.807) is 0 Å². The standard InChI is InChI=1S/C10H23N3OS/c1-5-9(7-15-4)13(3)6-8(2)10(11)12-14/h8-9,14H,5-7H2,1-4H3,(H2,11,12). The van der Waals surface area contributed by atoms with Crippen molar-refractivity contribution in [3.05, 3.63) is 0 Å². The van der Waals surface area contributed by atoms with E-state index < -0.39 is 0 Å². The first-order valence-corrected chi connectivity index (χ1v) is 6.62. The van der Waals surface area contributed by atoms with E-state index in [1.807, 2.05) is 18.7 Å². The van der Waals surface area contributed by atoms with Gasteiger partial charge in [0.05, 0.1) is 0 Å². The maximum atomic E-state index is 8.56. The molecule has 0 fully saturated rings. The minimum absolute atomic E-state index is 0.0934. The predicted octanol–water partition coefficient (Wildman–Crippen LogP) is 1.44. The molecule has 2 atom stereocenters. The predicted molar refractivity (Wildman–Crippen MR) is 67.7 cm³/mol. The first-order valence-electron chi connectivity index (χ1n) is 5.23. The van der Waals surface area contributed by atoms with E-state index >= 15 is 0 Å². The van der Waals surface area contributed by atoms with E-state index in [9.17, 15) is 0 Å². The van der Waals surface area contributed by atoms with Crippen LogP contribution in [0, 0.1) is 5.92 Å². The molecule has 0 aliphatic heterocycles. The van der Waals surface area contributed by atoms with Gasteiger partial charge in [-0.3, -0.25) is 0 Å². The van der Waals surface area contributed by atoms with Crippen LogP contribution in [-0.2, 0) is 0 Å². The average Bonchev–Trinajstić information content (AvgIpc) is 2.24. The van der Waals surface area contributed by atoms with Gasteiger partial charge in [0.25, 0.3) is 0 Å². The van der Waals surface area contributed by atoms with Crippen molar-refractivity contribution in [3.63, 3.8) is 0 Å². The Hall–Kier alpha value is -0.420. The number of nitrogens with two attached hydrogens (primary N) is 1. The summed E-state index contributed by atoms with van der Waals surface area (Å²) in [6.45, 7) is 4.98. The second kappa shape index (κ2) is 7.82. The Balaban J connectivity index is 4.14. The third kappa shape index (κ3) is 5.28. The van der Waals surface area contributed by atoms with Crippen LogP contribution in [0.15, 0.2) is 5.16 Å². The van der Waals surface area contributed by atoms with Crippen molar-refractivity contribution in [2.45, 2.75) is 26.3 Å². The number of thioether (sulfide) groups is 1. The molecule has 4 nitrogen and oxygen atoms in total. The quantitative estimate of drug-likeness (QED) is 0.302. The molecule has 0 aromatic heterocycles. The van der Waals surface area contributed by atoms with Gasteiger partial charge in [-0.15, -0.1) is 0 Å². The van der Waals surface area contributed by atoms with Gasteiger partial charge in [0.15, 0.2) is 0 Å². The Morgan fingerprint density at radius 1 is 1.60 bits per heavy atom. The molecule has 0 heterocycles. The van der Waals surface area contributed by atoms with Crippen LogP contribution in [0.2, 0.25) is 0 Å². The third-order valence-corrected chi connectivity index (χ3v) is 3.35. The van der Waals surface area contributed by atoms with E-state index in [4.69, 9.17) is 10.9 Å². The summed E-state index contributed by atoms with van der Waals surface area (Å²) in [5.41, 5.74) is 5.55. The average molecular weight is 233 g/mol. The molecule has 15 heavy (non-hydrogen) atoms. The Labute approximate surface area is 96.9 Å². The summed E-state index contributed by atoms with van der Waals surface area (Å²) in [6.07, 6.45) is 3.24. The van der Waals surface area contributed by atoms with Gasteiger partial charge in [0, 0.05) is 24.3 Å². The van der Waals surface area contributed by atoms with Crippen LogP contribution in [0.1, 0.15) is 20.3 Å². The summed E-state index contributed by atoms with van der Waals surface area (Å²) >= 11 is 1.85. The van der Waals surface area contributed by atoms with E-state index in [0.717, 1.165) is 18.7 Å². The van der Waals surface area contributed by atoms with Gasteiger partial charge >= 0.3 is 0 Å². The number of rotatable bonds is 7. The summed E-state index contributed by atoms with van der Waals surface area (Å²) in [7, 11) is 2.09. The topological polar surface area (TPSA) is 61.8 Å². The van der Waals surface area contributed by atoms with E-state index in [-0.39, 0.29) is 5.92 Å². The molecule has 0 amide bonds. The number of nitrogens with zero attached hydrogens (tertiary/aromatic N) is 2. The molecule has 0 radical (unpaired) electrons. The maximum absolute atomic E-state index is 8.56. The Morgan fingerprint density at radius 2 is 2.20 bits per heavy atom. The monoisotopic (exact) mass is 233 g/mol. The zero-order valence-corrected chi connectivity index (χ0v) is 10.9. The van der Waals surface area contributed by atoms with Crippen molar-refractivity contribution in [1.29, 1.82) is 0 Å². The number of hydrogen-bond donors (Lipinski definition) is 2. The van der Waals surface area contributed by atoms with Crippen molar-refractivity contribution in [1.82, 2.24) is 4.90 Å². The second-order valence-electron chi connectivity index (χ2n) is 3.88. The summed E-state index contributed by atoms with van der Waals surface area (Å²) in [6, 6.07) is 0.564. The lowest BCUT2D eigenvalue weighted by Crippen LogP contribution is -2.39. The van der Waals surface area contributed by atoms with Crippen LogP contribution in [0.3, 0.4) is 0 Å². The molecule has 0 aliphatic carbocycles.